The van der Waals surface area contributed by atoms with Crippen LogP contribution in [0.25, 0.3) is 4.96 Å². The molecule has 3 N–H and O–H groups in total. The Morgan fingerprint density at radius 3 is 2.59 bits per heavy atom. The van der Waals surface area contributed by atoms with E-state index >= 15 is 0 Å². The molecule has 1 atom stereocenters. The second-order valence-electron chi connectivity index (χ2n) is 8.08. The number of carboxylic acids is 1. The van der Waals surface area contributed by atoms with Crippen LogP contribution in [0.5, 0.6) is 5.88 Å². The minimum atomic E-state index is -1.21. The molecular formula is C18H23N3O5S. The molecule has 2 aromatic rings. The van der Waals surface area contributed by atoms with Crippen LogP contribution in [0.2, 0.25) is 0 Å². The minimum absolute atomic E-state index is 0.117. The van der Waals surface area contributed by atoms with Gasteiger partial charge in [0, 0.05) is 10.6 Å². The van der Waals surface area contributed by atoms with Gasteiger partial charge in [-0.25, -0.2) is 4.79 Å². The summed E-state index contributed by atoms with van der Waals surface area (Å²) in [7, 11) is 0. The molecule has 0 aromatic carbocycles. The van der Waals surface area contributed by atoms with E-state index in [1.54, 1.807) is 13.8 Å². The Labute approximate surface area is 159 Å². The molecule has 0 fully saturated rings. The van der Waals surface area contributed by atoms with Crippen LogP contribution in [0.4, 0.5) is 0 Å². The van der Waals surface area contributed by atoms with E-state index in [1.807, 2.05) is 0 Å². The van der Waals surface area contributed by atoms with Gasteiger partial charge in [-0.05, 0) is 30.6 Å². The van der Waals surface area contributed by atoms with Crippen molar-refractivity contribution in [1.29, 1.82) is 0 Å². The molecule has 3 rings (SSSR count). The van der Waals surface area contributed by atoms with Crippen molar-refractivity contribution in [2.45, 2.75) is 53.0 Å². The lowest BCUT2D eigenvalue weighted by molar-refractivity contribution is -0.140. The maximum Gasteiger partial charge on any atom is 0.326 e. The van der Waals surface area contributed by atoms with Gasteiger partial charge in [0.25, 0.3) is 11.5 Å². The molecule has 1 aliphatic carbocycles. The summed E-state index contributed by atoms with van der Waals surface area (Å²) < 4.78 is 1.38. The Hall–Kier alpha value is -2.42. The average Bonchev–Trinajstić information content (AvgIpc) is 2.87. The van der Waals surface area contributed by atoms with Crippen molar-refractivity contribution in [2.24, 2.45) is 11.3 Å². The number of carbonyl (C=O) groups is 2. The Morgan fingerprint density at radius 1 is 1.33 bits per heavy atom. The van der Waals surface area contributed by atoms with E-state index in [4.69, 9.17) is 0 Å². The predicted octanol–water partition coefficient (Wildman–Crippen LogP) is 1.82. The van der Waals surface area contributed by atoms with Crippen LogP contribution in [0.15, 0.2) is 4.79 Å². The zero-order chi connectivity index (χ0) is 20.1. The fraction of sp³-hybridized carbons (Fsp3) is 0.556. The van der Waals surface area contributed by atoms with E-state index in [2.05, 4.69) is 24.1 Å². The van der Waals surface area contributed by atoms with Gasteiger partial charge in [-0.15, -0.1) is 11.3 Å². The second kappa shape index (κ2) is 6.63. The van der Waals surface area contributed by atoms with Gasteiger partial charge < -0.3 is 15.5 Å². The van der Waals surface area contributed by atoms with Gasteiger partial charge in [0.2, 0.25) is 5.88 Å². The molecule has 0 saturated carbocycles. The summed E-state index contributed by atoms with van der Waals surface area (Å²) in [5, 5.41) is 21.8. The molecule has 1 unspecified atom stereocenters. The predicted molar refractivity (Wildman–Crippen MR) is 101 cm³/mol. The molecule has 0 radical (unpaired) electrons. The Morgan fingerprint density at radius 2 is 2.00 bits per heavy atom. The zero-order valence-corrected chi connectivity index (χ0v) is 16.5. The molecule has 9 heteroatoms. The third-order valence-electron chi connectivity index (χ3n) is 4.96. The minimum Gasteiger partial charge on any atom is -0.492 e. The number of hydrogen-bond donors (Lipinski definition) is 3. The van der Waals surface area contributed by atoms with Crippen molar-refractivity contribution in [3.8, 4) is 5.88 Å². The van der Waals surface area contributed by atoms with E-state index in [1.165, 1.54) is 15.7 Å². The van der Waals surface area contributed by atoms with Crippen LogP contribution in [-0.2, 0) is 17.6 Å². The summed E-state index contributed by atoms with van der Waals surface area (Å²) in [6.45, 7) is 7.60. The van der Waals surface area contributed by atoms with Gasteiger partial charge in [-0.1, -0.05) is 27.7 Å². The molecule has 1 amide bonds. The number of hydrogen-bond acceptors (Lipinski definition) is 6. The molecule has 0 spiro atoms. The van der Waals surface area contributed by atoms with Gasteiger partial charge in [-0.2, -0.15) is 4.98 Å². The van der Waals surface area contributed by atoms with Gasteiger partial charge in [0.15, 0.2) is 10.5 Å². The lowest BCUT2D eigenvalue weighted by Crippen LogP contribution is -2.46. The van der Waals surface area contributed by atoms with Crippen molar-refractivity contribution in [2.75, 3.05) is 0 Å². The molecule has 2 heterocycles. The molecule has 8 nitrogen and oxygen atoms in total. The molecule has 27 heavy (non-hydrogen) atoms. The number of nitrogens with one attached hydrogen (secondary N) is 1. The summed E-state index contributed by atoms with van der Waals surface area (Å²) in [6.07, 6.45) is 2.38. The Bertz CT molecular complexity index is 989. The largest absolute Gasteiger partial charge is 0.492 e. The van der Waals surface area contributed by atoms with Crippen LogP contribution in [-0.4, -0.2) is 37.5 Å². The van der Waals surface area contributed by atoms with Crippen LogP contribution in [0, 0.1) is 11.3 Å². The molecule has 0 bridgehead atoms. The number of amides is 1. The fourth-order valence-electron chi connectivity index (χ4n) is 3.39. The third-order valence-corrected chi connectivity index (χ3v) is 6.05. The summed E-state index contributed by atoms with van der Waals surface area (Å²) >= 11 is 1.34. The topological polar surface area (TPSA) is 121 Å². The van der Waals surface area contributed by atoms with E-state index < -0.39 is 34.9 Å². The fourth-order valence-corrected chi connectivity index (χ4v) is 4.80. The van der Waals surface area contributed by atoms with Crippen molar-refractivity contribution in [3.05, 3.63) is 26.5 Å². The maximum atomic E-state index is 13.0. The summed E-state index contributed by atoms with van der Waals surface area (Å²) in [5.41, 5.74) is -0.254. The van der Waals surface area contributed by atoms with E-state index in [-0.39, 0.29) is 11.3 Å². The number of carbonyl (C=O) groups excluding carboxylic acids is 1. The Kier molecular flexibility index (Phi) is 4.75. The highest BCUT2D eigenvalue weighted by atomic mass is 32.1. The van der Waals surface area contributed by atoms with Gasteiger partial charge in [0.05, 0.1) is 0 Å². The lowest BCUT2D eigenvalue weighted by Gasteiger charge is -2.28. The van der Waals surface area contributed by atoms with Crippen molar-refractivity contribution in [1.82, 2.24) is 14.7 Å². The van der Waals surface area contributed by atoms with Gasteiger partial charge in [-0.3, -0.25) is 14.0 Å². The van der Waals surface area contributed by atoms with Crippen LogP contribution in [0.3, 0.4) is 0 Å². The smallest absolute Gasteiger partial charge is 0.326 e. The first kappa shape index (κ1) is 19.3. The van der Waals surface area contributed by atoms with Crippen LogP contribution < -0.4 is 10.9 Å². The first-order valence-corrected chi connectivity index (χ1v) is 9.63. The zero-order valence-electron chi connectivity index (χ0n) is 15.7. The van der Waals surface area contributed by atoms with Gasteiger partial charge >= 0.3 is 5.97 Å². The summed E-state index contributed by atoms with van der Waals surface area (Å²) in [5.74, 6) is -3.20. The standard InChI is InChI=1S/C18H23N3O5S/c1-8(2)12(16(25)26)19-13(22)11-14(23)20-17-21(15(11)24)9-5-6-18(3,4)7-10(9)27-17/h8,12,23H,5-7H2,1-4H3,(H,19,22)(H,25,26). The number of rotatable bonds is 4. The monoisotopic (exact) mass is 393 g/mol. The SMILES string of the molecule is CC(C)C(NC(=O)c1c(O)nc2sc3c(n2c1=O)CCC(C)(C)C3)C(=O)O. The number of aryl methyl sites for hydroxylation is 1. The highest BCUT2D eigenvalue weighted by Gasteiger charge is 2.32. The van der Waals surface area contributed by atoms with E-state index in [9.17, 15) is 24.6 Å². The number of thiazole rings is 1. The molecule has 1 aliphatic rings. The van der Waals surface area contributed by atoms with Crippen LogP contribution >= 0.6 is 11.3 Å². The molecule has 0 aliphatic heterocycles. The van der Waals surface area contributed by atoms with E-state index in [0.29, 0.717) is 11.4 Å². The normalized spacial score (nSPS) is 16.9. The third kappa shape index (κ3) is 3.43. The molecule has 146 valence electrons. The van der Waals surface area contributed by atoms with Crippen LogP contribution in [0.1, 0.15) is 55.0 Å². The highest BCUT2D eigenvalue weighted by molar-refractivity contribution is 7.17. The number of aliphatic carboxylic acids is 1. The van der Waals surface area contributed by atoms with E-state index in [0.717, 1.165) is 23.4 Å². The molecule has 0 saturated heterocycles. The van der Waals surface area contributed by atoms with Gasteiger partial charge in [0.1, 0.15) is 6.04 Å². The first-order valence-electron chi connectivity index (χ1n) is 8.82. The molecule has 2 aromatic heterocycles. The second-order valence-corrected chi connectivity index (χ2v) is 9.14. The van der Waals surface area contributed by atoms with Crippen molar-refractivity contribution >= 4 is 28.2 Å². The number of aromatic nitrogens is 2. The maximum absolute atomic E-state index is 13.0. The quantitative estimate of drug-likeness (QED) is 0.728. The number of nitrogens with zero attached hydrogens (tertiary/aromatic N) is 2. The Balaban J connectivity index is 2.09. The number of aromatic hydroxyl groups is 1. The van der Waals surface area contributed by atoms with Crippen molar-refractivity contribution in [3.63, 3.8) is 0 Å². The number of fused-ring (bicyclic) bond motifs is 3. The summed E-state index contributed by atoms with van der Waals surface area (Å²) in [6, 6.07) is -1.17. The van der Waals surface area contributed by atoms with Crippen molar-refractivity contribution < 1.29 is 19.8 Å². The summed E-state index contributed by atoms with van der Waals surface area (Å²) in [4.78, 5) is 42.3. The first-order chi connectivity index (χ1) is 12.5. The molecular weight excluding hydrogens is 370 g/mol. The highest BCUT2D eigenvalue weighted by Crippen LogP contribution is 2.38. The average molecular weight is 393 g/mol. The number of carboxylic acid groups (broad SMARTS) is 1. The lowest BCUT2D eigenvalue weighted by atomic mass is 9.79.